The minimum Gasteiger partial charge on any atom is -0.459 e. The Balaban J connectivity index is 1.57. The molecule has 1 atom stereocenters. The number of rotatable bonds is 4. The van der Waals surface area contributed by atoms with Gasteiger partial charge in [-0.1, -0.05) is 0 Å². The van der Waals surface area contributed by atoms with E-state index in [1.54, 1.807) is 10.8 Å². The van der Waals surface area contributed by atoms with Crippen molar-refractivity contribution in [3.63, 3.8) is 0 Å². The Bertz CT molecular complexity index is 746. The van der Waals surface area contributed by atoms with Gasteiger partial charge in [-0.3, -0.25) is 19.3 Å². The maximum absolute atomic E-state index is 12.0. The molecular weight excluding hydrogens is 366 g/mol. The van der Waals surface area contributed by atoms with E-state index in [1.807, 2.05) is 20.8 Å². The van der Waals surface area contributed by atoms with Gasteiger partial charge in [0.2, 0.25) is 0 Å². The van der Waals surface area contributed by atoms with Crippen LogP contribution in [0.5, 0.6) is 6.01 Å². The Morgan fingerprint density at radius 1 is 1.36 bits per heavy atom. The molecule has 154 valence electrons. The quantitative estimate of drug-likeness (QED) is 0.434. The van der Waals surface area contributed by atoms with Crippen molar-refractivity contribution in [2.45, 2.75) is 51.9 Å². The van der Waals surface area contributed by atoms with Gasteiger partial charge in [0.1, 0.15) is 17.9 Å². The highest BCUT2D eigenvalue weighted by Gasteiger charge is 2.32. The van der Waals surface area contributed by atoms with Crippen LogP contribution in [0.3, 0.4) is 0 Å². The summed E-state index contributed by atoms with van der Waals surface area (Å²) in [6.45, 7) is 8.38. The molecular formula is C18H27N5O5. The number of piperidine rings is 1. The molecule has 3 rings (SSSR count). The largest absolute Gasteiger partial charge is 0.459 e. The molecule has 0 N–H and O–H groups in total. The monoisotopic (exact) mass is 393 g/mol. The first-order valence-corrected chi connectivity index (χ1v) is 9.53. The van der Waals surface area contributed by atoms with Crippen LogP contribution in [0.4, 0.5) is 5.82 Å². The van der Waals surface area contributed by atoms with E-state index in [9.17, 15) is 14.9 Å². The molecule has 1 aromatic heterocycles. The van der Waals surface area contributed by atoms with Crippen LogP contribution < -0.4 is 4.74 Å². The molecule has 0 bridgehead atoms. The summed E-state index contributed by atoms with van der Waals surface area (Å²) in [5, 5.41) is 11.0. The fourth-order valence-corrected chi connectivity index (χ4v) is 3.44. The lowest BCUT2D eigenvalue weighted by atomic mass is 9.91. The number of nitro groups is 1. The van der Waals surface area contributed by atoms with E-state index in [0.717, 1.165) is 25.9 Å². The summed E-state index contributed by atoms with van der Waals surface area (Å²) in [6, 6.07) is 0.263. The average molecular weight is 393 g/mol. The molecule has 1 unspecified atom stereocenters. The lowest BCUT2D eigenvalue weighted by molar-refractivity contribution is -0.389. The molecule has 0 amide bonds. The zero-order chi connectivity index (χ0) is 20.3. The van der Waals surface area contributed by atoms with Gasteiger partial charge in [0, 0.05) is 23.7 Å². The van der Waals surface area contributed by atoms with Crippen LogP contribution in [-0.2, 0) is 16.1 Å². The second kappa shape index (κ2) is 8.26. The molecule has 0 spiro atoms. The zero-order valence-corrected chi connectivity index (χ0v) is 16.5. The van der Waals surface area contributed by atoms with E-state index in [2.05, 4.69) is 14.9 Å². The third kappa shape index (κ3) is 5.28. The van der Waals surface area contributed by atoms with Crippen LogP contribution >= 0.6 is 0 Å². The van der Waals surface area contributed by atoms with E-state index in [0.29, 0.717) is 13.1 Å². The Morgan fingerprint density at radius 3 is 2.71 bits per heavy atom. The molecule has 0 aromatic carbocycles. The first-order chi connectivity index (χ1) is 13.2. The van der Waals surface area contributed by atoms with Gasteiger partial charge in [-0.05, 0) is 51.6 Å². The predicted octanol–water partition coefficient (Wildman–Crippen LogP) is 1.68. The highest BCUT2D eigenvalue weighted by molar-refractivity contribution is 5.72. The van der Waals surface area contributed by atoms with E-state index in [-0.39, 0.29) is 36.4 Å². The van der Waals surface area contributed by atoms with E-state index >= 15 is 0 Å². The van der Waals surface area contributed by atoms with E-state index < -0.39 is 10.5 Å². The highest BCUT2D eigenvalue weighted by atomic mass is 16.6. The number of aromatic nitrogens is 2. The van der Waals surface area contributed by atoms with Crippen LogP contribution in [0.15, 0.2) is 11.2 Å². The highest BCUT2D eigenvalue weighted by Crippen LogP contribution is 2.26. The first-order valence-electron chi connectivity index (χ1n) is 9.53. The summed E-state index contributed by atoms with van der Waals surface area (Å²) in [5.41, 5.74) is -0.483. The van der Waals surface area contributed by atoms with Crippen LogP contribution in [0.25, 0.3) is 0 Å². The topological polar surface area (TPSA) is 112 Å². The minimum absolute atomic E-state index is 0.209. The Labute approximate surface area is 163 Å². The maximum Gasteiger partial charge on any atom is 0.414 e. The summed E-state index contributed by atoms with van der Waals surface area (Å²) < 4.78 is 13.0. The number of esters is 1. The second-order valence-electron chi connectivity index (χ2n) is 8.17. The van der Waals surface area contributed by atoms with Crippen molar-refractivity contribution in [3.8, 4) is 6.01 Å². The zero-order valence-electron chi connectivity index (χ0n) is 16.5. The molecule has 0 aliphatic carbocycles. The van der Waals surface area contributed by atoms with Crippen molar-refractivity contribution in [2.75, 3.05) is 26.2 Å². The summed E-state index contributed by atoms with van der Waals surface area (Å²) in [5.74, 6) is -0.229. The molecule has 3 heterocycles. The van der Waals surface area contributed by atoms with Crippen molar-refractivity contribution in [2.24, 2.45) is 10.9 Å². The molecule has 10 nitrogen and oxygen atoms in total. The molecule has 0 radical (unpaired) electrons. The van der Waals surface area contributed by atoms with Gasteiger partial charge < -0.3 is 19.6 Å². The number of carbonyl (C=O) groups excluding carboxylic acids is 1. The number of carbonyl (C=O) groups is 1. The lowest BCUT2D eigenvalue weighted by Crippen LogP contribution is -2.43. The molecule has 2 aliphatic heterocycles. The van der Waals surface area contributed by atoms with Crippen molar-refractivity contribution >= 4 is 18.0 Å². The minimum atomic E-state index is -0.522. The number of hydrogen-bond acceptors (Lipinski definition) is 8. The van der Waals surface area contributed by atoms with Crippen LogP contribution in [0, 0.1) is 16.0 Å². The third-order valence-electron chi connectivity index (χ3n) is 4.75. The summed E-state index contributed by atoms with van der Waals surface area (Å²) in [6.07, 6.45) is 4.56. The van der Waals surface area contributed by atoms with Gasteiger partial charge in [-0.25, -0.2) is 0 Å². The summed E-state index contributed by atoms with van der Waals surface area (Å²) in [7, 11) is 0. The number of likely N-dealkylation sites (tertiary alicyclic amines) is 1. The van der Waals surface area contributed by atoms with Gasteiger partial charge in [0.15, 0.2) is 0 Å². The third-order valence-corrected chi connectivity index (χ3v) is 4.75. The predicted molar refractivity (Wildman–Crippen MR) is 102 cm³/mol. The SMILES string of the molecule is CC(C)(C)OC(=O)CN1CCC(C2C=NCCn3cc([N+](=O)[O-])nc3O2)CC1. The molecule has 28 heavy (non-hydrogen) atoms. The fourth-order valence-electron chi connectivity index (χ4n) is 3.44. The smallest absolute Gasteiger partial charge is 0.414 e. The van der Waals surface area contributed by atoms with Crippen LogP contribution in [0.1, 0.15) is 33.6 Å². The van der Waals surface area contributed by atoms with Gasteiger partial charge >= 0.3 is 17.8 Å². The number of fused-ring (bicyclic) bond motifs is 1. The molecule has 0 saturated carbocycles. The average Bonchev–Trinajstić information content (AvgIpc) is 2.96. The molecule has 1 fully saturated rings. The standard InChI is InChI=1S/C18H27N5O5/c1-18(2,3)28-16(24)12-21-7-4-13(5-8-21)14-10-19-6-9-22-11-15(23(25)26)20-17(22)27-14/h10-11,13-14H,4-9,12H2,1-3H3. The van der Waals surface area contributed by atoms with Gasteiger partial charge in [0.05, 0.1) is 13.1 Å². The van der Waals surface area contributed by atoms with Crippen LogP contribution in [0.2, 0.25) is 0 Å². The Kier molecular flexibility index (Phi) is 5.97. The number of ether oxygens (including phenoxy) is 2. The van der Waals surface area contributed by atoms with E-state index in [1.165, 1.54) is 6.20 Å². The molecule has 1 saturated heterocycles. The van der Waals surface area contributed by atoms with Crippen molar-refractivity contribution in [3.05, 3.63) is 16.3 Å². The van der Waals surface area contributed by atoms with Gasteiger partial charge in [-0.15, -0.1) is 0 Å². The van der Waals surface area contributed by atoms with Crippen molar-refractivity contribution < 1.29 is 19.2 Å². The van der Waals surface area contributed by atoms with Crippen molar-refractivity contribution in [1.82, 2.24) is 14.5 Å². The van der Waals surface area contributed by atoms with Gasteiger partial charge in [-0.2, -0.15) is 0 Å². The fraction of sp³-hybridized carbons (Fsp3) is 0.722. The van der Waals surface area contributed by atoms with Crippen LogP contribution in [-0.4, -0.2) is 69.4 Å². The Hall–Kier alpha value is -2.49. The lowest BCUT2D eigenvalue weighted by Gasteiger charge is -2.34. The molecule has 2 aliphatic rings. The second-order valence-corrected chi connectivity index (χ2v) is 8.17. The molecule has 1 aromatic rings. The number of imidazole rings is 1. The van der Waals surface area contributed by atoms with Crippen molar-refractivity contribution in [1.29, 1.82) is 0 Å². The number of nitrogens with zero attached hydrogens (tertiary/aromatic N) is 5. The Morgan fingerprint density at radius 2 is 2.07 bits per heavy atom. The summed E-state index contributed by atoms with van der Waals surface area (Å²) in [4.78, 5) is 32.9. The maximum atomic E-state index is 12.0. The van der Waals surface area contributed by atoms with Gasteiger partial charge in [0.25, 0.3) is 0 Å². The number of hydrogen-bond donors (Lipinski definition) is 0. The first kappa shape index (κ1) is 20.2. The molecule has 10 heteroatoms. The number of aliphatic imine (C=N–C) groups is 1. The normalized spacial score (nSPS) is 21.3. The summed E-state index contributed by atoms with van der Waals surface area (Å²) >= 11 is 0. The van der Waals surface area contributed by atoms with E-state index in [4.69, 9.17) is 9.47 Å².